The molecule has 0 spiro atoms. The van der Waals surface area contributed by atoms with E-state index in [4.69, 9.17) is 15.2 Å². The number of benzene rings is 2. The van der Waals surface area contributed by atoms with Crippen LogP contribution in [0.1, 0.15) is 24.0 Å². The number of aryl methyl sites for hydroxylation is 1. The molecule has 4 rings (SSSR count). The minimum Gasteiger partial charge on any atom is -0.506 e. The fourth-order valence-corrected chi connectivity index (χ4v) is 3.79. The molecule has 31 heavy (non-hydrogen) atoms. The molecule has 3 N–H and O–H groups in total. The average Bonchev–Trinajstić information content (AvgIpc) is 2.78. The van der Waals surface area contributed by atoms with Gasteiger partial charge in [-0.25, -0.2) is 4.79 Å². The molecule has 1 unspecified atom stereocenters. The Morgan fingerprint density at radius 3 is 2.55 bits per heavy atom. The average molecular weight is 418 g/mol. The molecule has 2 heterocycles. The van der Waals surface area contributed by atoms with Crippen molar-refractivity contribution in [3.8, 4) is 5.75 Å². The summed E-state index contributed by atoms with van der Waals surface area (Å²) in [4.78, 5) is 25.7. The van der Waals surface area contributed by atoms with Gasteiger partial charge in [0.2, 0.25) is 5.88 Å². The maximum absolute atomic E-state index is 13.1. The van der Waals surface area contributed by atoms with Gasteiger partial charge in [0.15, 0.2) is 0 Å². The molecular formula is C24H22N2O5. The van der Waals surface area contributed by atoms with Crippen molar-refractivity contribution in [1.29, 1.82) is 0 Å². The summed E-state index contributed by atoms with van der Waals surface area (Å²) in [6, 6.07) is 16.2. The van der Waals surface area contributed by atoms with Crippen LogP contribution in [0.4, 0.5) is 0 Å². The molecule has 0 amide bonds. The van der Waals surface area contributed by atoms with Gasteiger partial charge in [0.1, 0.15) is 22.6 Å². The number of fused-ring (bicyclic) bond motifs is 1. The molecule has 1 atom stereocenters. The number of ether oxygens (including phenoxy) is 2. The second-order valence-corrected chi connectivity index (χ2v) is 7.12. The topological polar surface area (TPSA) is 104 Å². The van der Waals surface area contributed by atoms with Crippen molar-refractivity contribution in [2.75, 3.05) is 6.61 Å². The number of nitrogens with two attached hydrogens (primary N) is 1. The Kier molecular flexibility index (Phi) is 5.25. The van der Waals surface area contributed by atoms with Gasteiger partial charge in [-0.3, -0.25) is 4.79 Å². The van der Waals surface area contributed by atoms with Crippen LogP contribution in [0.2, 0.25) is 0 Å². The van der Waals surface area contributed by atoms with Gasteiger partial charge in [0.05, 0.1) is 12.1 Å². The summed E-state index contributed by atoms with van der Waals surface area (Å²) < 4.78 is 12.3. The van der Waals surface area contributed by atoms with E-state index >= 15 is 0 Å². The van der Waals surface area contributed by atoms with Crippen molar-refractivity contribution in [3.63, 3.8) is 0 Å². The zero-order chi connectivity index (χ0) is 22.1. The molecule has 7 heteroatoms. The molecule has 3 aromatic rings. The summed E-state index contributed by atoms with van der Waals surface area (Å²) in [7, 11) is 1.62. The maximum atomic E-state index is 13.1. The summed E-state index contributed by atoms with van der Waals surface area (Å²) in [6.07, 6.45) is 1.61. The molecule has 1 aliphatic rings. The monoisotopic (exact) mass is 418 g/mol. The second kappa shape index (κ2) is 8.02. The van der Waals surface area contributed by atoms with E-state index in [1.54, 1.807) is 44.3 Å². The van der Waals surface area contributed by atoms with Crippen molar-refractivity contribution >= 4 is 22.6 Å². The standard InChI is InChI=1S/C24H22N2O5/c1-3-30-24(29)19-16(14-9-5-4-6-10-14)13-18(31-22(19)25)20-21(27)15-11-7-8-12-17(15)26(2)23(20)28/h4-13,16,27H,3,25H2,1-2H3. The van der Waals surface area contributed by atoms with Crippen molar-refractivity contribution in [2.24, 2.45) is 12.8 Å². The number of rotatable bonds is 4. The molecule has 1 aromatic heterocycles. The first-order valence-electron chi connectivity index (χ1n) is 9.86. The highest BCUT2D eigenvalue weighted by atomic mass is 16.5. The lowest BCUT2D eigenvalue weighted by atomic mass is 9.88. The van der Waals surface area contributed by atoms with Crippen molar-refractivity contribution in [2.45, 2.75) is 12.8 Å². The van der Waals surface area contributed by atoms with Gasteiger partial charge in [-0.05, 0) is 30.7 Å². The number of aromatic nitrogens is 1. The van der Waals surface area contributed by atoms with E-state index in [9.17, 15) is 14.7 Å². The number of allylic oxidation sites excluding steroid dienone is 1. The number of carbonyl (C=O) groups is 1. The van der Waals surface area contributed by atoms with Crippen LogP contribution in [-0.4, -0.2) is 22.2 Å². The summed E-state index contributed by atoms with van der Waals surface area (Å²) in [5.41, 5.74) is 7.18. The highest BCUT2D eigenvalue weighted by molar-refractivity contribution is 5.94. The SMILES string of the molecule is CCOC(=O)C1=C(N)OC(c2c(O)c3ccccc3n(C)c2=O)=CC1c1ccccc1. The summed E-state index contributed by atoms with van der Waals surface area (Å²) in [6.45, 7) is 1.88. The van der Waals surface area contributed by atoms with Gasteiger partial charge in [-0.1, -0.05) is 42.5 Å². The molecule has 7 nitrogen and oxygen atoms in total. The number of esters is 1. The fourth-order valence-electron chi connectivity index (χ4n) is 3.79. The van der Waals surface area contributed by atoms with Gasteiger partial charge < -0.3 is 24.9 Å². The molecule has 0 fully saturated rings. The Morgan fingerprint density at radius 1 is 1.16 bits per heavy atom. The molecule has 0 aliphatic carbocycles. The van der Waals surface area contributed by atoms with E-state index in [-0.39, 0.29) is 35.1 Å². The third-order valence-electron chi connectivity index (χ3n) is 5.29. The molecule has 2 aromatic carbocycles. The lowest BCUT2D eigenvalue weighted by Crippen LogP contribution is -2.27. The molecule has 1 aliphatic heterocycles. The smallest absolute Gasteiger partial charge is 0.340 e. The minimum atomic E-state index is -0.612. The Morgan fingerprint density at radius 2 is 1.84 bits per heavy atom. The number of aromatic hydroxyl groups is 1. The van der Waals surface area contributed by atoms with Crippen LogP contribution in [0.5, 0.6) is 5.75 Å². The van der Waals surface area contributed by atoms with Crippen LogP contribution in [0.25, 0.3) is 16.7 Å². The lowest BCUT2D eigenvalue weighted by molar-refractivity contribution is -0.139. The van der Waals surface area contributed by atoms with E-state index in [1.807, 2.05) is 30.3 Å². The van der Waals surface area contributed by atoms with E-state index in [2.05, 4.69) is 0 Å². The van der Waals surface area contributed by atoms with Crippen molar-refractivity contribution < 1.29 is 19.4 Å². The van der Waals surface area contributed by atoms with Crippen LogP contribution in [-0.2, 0) is 21.3 Å². The van der Waals surface area contributed by atoms with Crippen LogP contribution in [0.15, 0.2) is 76.9 Å². The first-order valence-corrected chi connectivity index (χ1v) is 9.86. The molecule has 158 valence electrons. The summed E-state index contributed by atoms with van der Waals surface area (Å²) in [5.74, 6) is -1.49. The predicted octanol–water partition coefficient (Wildman–Crippen LogP) is 3.13. The summed E-state index contributed by atoms with van der Waals surface area (Å²) >= 11 is 0. The molecule has 0 bridgehead atoms. The van der Waals surface area contributed by atoms with Crippen LogP contribution in [0.3, 0.4) is 0 Å². The van der Waals surface area contributed by atoms with E-state index in [1.165, 1.54) is 4.57 Å². The highest BCUT2D eigenvalue weighted by Crippen LogP contribution is 2.39. The van der Waals surface area contributed by atoms with Gasteiger partial charge >= 0.3 is 5.97 Å². The zero-order valence-corrected chi connectivity index (χ0v) is 17.2. The Labute approximate surface area is 178 Å². The first-order chi connectivity index (χ1) is 14.9. The Hall–Kier alpha value is -4.00. The number of carbonyl (C=O) groups excluding carboxylic acids is 1. The third kappa shape index (κ3) is 3.44. The quantitative estimate of drug-likeness (QED) is 0.631. The predicted molar refractivity (Wildman–Crippen MR) is 117 cm³/mol. The van der Waals surface area contributed by atoms with Crippen LogP contribution in [0, 0.1) is 0 Å². The van der Waals surface area contributed by atoms with Crippen molar-refractivity contribution in [1.82, 2.24) is 4.57 Å². The number of pyridine rings is 1. The van der Waals surface area contributed by atoms with E-state index < -0.39 is 17.4 Å². The fraction of sp³-hybridized carbons (Fsp3) is 0.167. The number of hydrogen-bond donors (Lipinski definition) is 2. The number of para-hydroxylation sites is 1. The minimum absolute atomic E-state index is 0.0204. The Balaban J connectivity index is 1.93. The van der Waals surface area contributed by atoms with Crippen LogP contribution >= 0.6 is 0 Å². The zero-order valence-electron chi connectivity index (χ0n) is 17.2. The van der Waals surface area contributed by atoms with Gasteiger partial charge in [0, 0.05) is 18.4 Å². The maximum Gasteiger partial charge on any atom is 0.340 e. The van der Waals surface area contributed by atoms with Crippen LogP contribution < -0.4 is 11.3 Å². The van der Waals surface area contributed by atoms with Gasteiger partial charge in [0.25, 0.3) is 5.56 Å². The molecule has 0 radical (unpaired) electrons. The lowest BCUT2D eigenvalue weighted by Gasteiger charge is -2.25. The van der Waals surface area contributed by atoms with Gasteiger partial charge in [-0.15, -0.1) is 0 Å². The first kappa shape index (κ1) is 20.3. The normalized spacial score (nSPS) is 16.1. The van der Waals surface area contributed by atoms with Gasteiger partial charge in [-0.2, -0.15) is 0 Å². The highest BCUT2D eigenvalue weighted by Gasteiger charge is 2.33. The van der Waals surface area contributed by atoms with Crippen molar-refractivity contribution in [3.05, 3.63) is 93.6 Å². The number of nitrogens with zero attached hydrogens (tertiary/aromatic N) is 1. The molecular weight excluding hydrogens is 396 g/mol. The molecule has 0 saturated carbocycles. The van der Waals surface area contributed by atoms with E-state index in [0.29, 0.717) is 10.9 Å². The Bertz CT molecular complexity index is 1290. The molecule has 0 saturated heterocycles. The van der Waals surface area contributed by atoms with E-state index in [0.717, 1.165) is 5.56 Å². The second-order valence-electron chi connectivity index (χ2n) is 7.12. The largest absolute Gasteiger partial charge is 0.506 e. The number of hydrogen-bond acceptors (Lipinski definition) is 6. The summed E-state index contributed by atoms with van der Waals surface area (Å²) in [5, 5.41) is 11.4. The third-order valence-corrected chi connectivity index (χ3v) is 5.29.